The van der Waals surface area contributed by atoms with Crippen molar-refractivity contribution in [2.45, 2.75) is 166 Å². The number of aromatic nitrogens is 2. The number of carbonyl (C=O) groups is 14. The number of H-pyrrole nitrogens is 1. The summed E-state index contributed by atoms with van der Waals surface area (Å²) in [5.41, 5.74) is 13.3. The molecular weight excluding hydrogens is 1530 g/mol. The van der Waals surface area contributed by atoms with Gasteiger partial charge < -0.3 is 104 Å². The zero-order valence-corrected chi connectivity index (χ0v) is 61.0. The molecule has 2 heterocycles. The number of rotatable bonds is 39. The first kappa shape index (κ1) is 98.6. The van der Waals surface area contributed by atoms with E-state index in [1.165, 1.54) is 41.7 Å². The molecule has 112 heavy (non-hydrogen) atoms. The third kappa shape index (κ3) is 39.8. The Labute approximate surface area is 633 Å². The zero-order valence-electron chi connectivity index (χ0n) is 61.0. The van der Waals surface area contributed by atoms with E-state index in [4.69, 9.17) is 50.6 Å². The van der Waals surface area contributed by atoms with E-state index in [1.54, 1.807) is 65.0 Å². The van der Waals surface area contributed by atoms with Crippen molar-refractivity contribution in [1.29, 1.82) is 0 Å². The molecule has 0 saturated carbocycles. The number of nitrogens with zero attached hydrogens (tertiary/aromatic N) is 3. The van der Waals surface area contributed by atoms with Gasteiger partial charge in [-0.1, -0.05) is 83.5 Å². The van der Waals surface area contributed by atoms with Gasteiger partial charge in [-0.2, -0.15) is 39.5 Å². The predicted molar refractivity (Wildman–Crippen MR) is 371 cm³/mol. The molecule has 1 aliphatic heterocycles. The maximum absolute atomic E-state index is 14.7. The SMILES string of the molecule is CCC(=O)NCCOCCOCCNC(=O)NC(N)=NCCC[C@H](NC(=O)[C@@H](N)CC(=O)O)C(=O)N[C@H](C(=O)N[C@@H](Cc1ccc(O)cc1)C(=O)N[C@H](C(=O)N[C@@H](Cc1cnc[nH]1)C(=O)N1CCC[C@H]1C(=O)N[C@@H](Cc1ccccc1)C(=O)O)[C@@H](C)CC)C(C)C.O=C(O)C(F)(F)F.O=C(O)C(F)(F)F.O=C(O)C(F)(F)F. The number of aromatic amines is 1. The van der Waals surface area contributed by atoms with Crippen LogP contribution in [0, 0.1) is 11.8 Å². The number of aliphatic imine (C=N–C) groups is 1. The number of nitrogens with one attached hydrogen (secondary N) is 10. The van der Waals surface area contributed by atoms with Gasteiger partial charge in [-0.3, -0.25) is 53.5 Å². The van der Waals surface area contributed by atoms with E-state index in [-0.39, 0.29) is 95.6 Å². The number of ether oxygens (including phenoxy) is 2. The van der Waals surface area contributed by atoms with E-state index in [0.29, 0.717) is 49.2 Å². The molecule has 0 spiro atoms. The second kappa shape index (κ2) is 49.6. The van der Waals surface area contributed by atoms with Crippen LogP contribution in [0.5, 0.6) is 5.75 Å². The minimum Gasteiger partial charge on any atom is -0.508 e. The molecule has 2 aromatic carbocycles. The average Bonchev–Trinajstić information content (AvgIpc) is 1.57. The van der Waals surface area contributed by atoms with Gasteiger partial charge in [-0.25, -0.2) is 29.0 Å². The minimum absolute atomic E-state index is 0.0170. The van der Waals surface area contributed by atoms with Crippen LogP contribution in [0.2, 0.25) is 0 Å². The number of phenolic OH excluding ortho intramolecular Hbond substituents is 1. The topological polar surface area (TPSA) is 583 Å². The number of aromatic hydroxyl groups is 1. The Morgan fingerprint density at radius 1 is 0.625 bits per heavy atom. The van der Waals surface area contributed by atoms with Crippen molar-refractivity contribution >= 4 is 89.1 Å². The van der Waals surface area contributed by atoms with E-state index >= 15 is 0 Å². The third-order valence-electron chi connectivity index (χ3n) is 15.4. The van der Waals surface area contributed by atoms with Crippen molar-refractivity contribution in [2.24, 2.45) is 28.3 Å². The number of imidazole rings is 1. The number of benzene rings is 2. The molecule has 0 bridgehead atoms. The van der Waals surface area contributed by atoms with Crippen LogP contribution in [0.1, 0.15) is 96.4 Å². The van der Waals surface area contributed by atoms with Gasteiger partial charge in [0.05, 0.1) is 45.2 Å². The minimum atomic E-state index is -5.08. The number of urea groups is 1. The average molecular weight is 1620 g/mol. The van der Waals surface area contributed by atoms with Crippen LogP contribution in [0.25, 0.3) is 0 Å². The van der Waals surface area contributed by atoms with Crippen molar-refractivity contribution in [3.05, 3.63) is 83.9 Å². The molecule has 0 unspecified atom stereocenters. The lowest BCUT2D eigenvalue weighted by atomic mass is 9.96. The van der Waals surface area contributed by atoms with Gasteiger partial charge in [-0.05, 0) is 60.8 Å². The molecular formula is C66H92F9N15O22. The molecule has 1 saturated heterocycles. The van der Waals surface area contributed by atoms with Crippen molar-refractivity contribution in [3.63, 3.8) is 0 Å². The summed E-state index contributed by atoms with van der Waals surface area (Å²) in [4.78, 5) is 186. The molecule has 1 fully saturated rings. The monoisotopic (exact) mass is 1620 g/mol. The highest BCUT2D eigenvalue weighted by atomic mass is 19.4. The quantitative estimate of drug-likeness (QED) is 0.0160. The number of alkyl halides is 9. The van der Waals surface area contributed by atoms with Gasteiger partial charge in [0.2, 0.25) is 47.3 Å². The summed E-state index contributed by atoms with van der Waals surface area (Å²) in [5, 5.41) is 74.4. The second-order valence-corrected chi connectivity index (χ2v) is 24.5. The smallest absolute Gasteiger partial charge is 0.490 e. The molecule has 9 atom stereocenters. The van der Waals surface area contributed by atoms with E-state index in [9.17, 15) is 108 Å². The van der Waals surface area contributed by atoms with Crippen LogP contribution >= 0.6 is 0 Å². The molecule has 3 aromatic rings. The van der Waals surface area contributed by atoms with Crippen molar-refractivity contribution < 1.29 is 147 Å². The highest BCUT2D eigenvalue weighted by molar-refractivity contribution is 5.99. The van der Waals surface area contributed by atoms with Crippen LogP contribution < -0.4 is 59.3 Å². The van der Waals surface area contributed by atoms with Gasteiger partial charge in [-0.15, -0.1) is 0 Å². The summed E-state index contributed by atoms with van der Waals surface area (Å²) in [6.45, 7) is 9.84. The molecule has 0 radical (unpaired) electrons. The first-order chi connectivity index (χ1) is 52.2. The molecule has 1 aliphatic rings. The Morgan fingerprint density at radius 2 is 1.12 bits per heavy atom. The Hall–Kier alpha value is -11.5. The molecule has 20 N–H and O–H groups in total. The summed E-state index contributed by atoms with van der Waals surface area (Å²) in [6, 6.07) is 2.76. The van der Waals surface area contributed by atoms with Crippen LogP contribution in [-0.4, -0.2) is 254 Å². The molecule has 0 aliphatic carbocycles. The lowest BCUT2D eigenvalue weighted by Crippen LogP contribution is -2.62. The Kier molecular flexibility index (Phi) is 43.7. The molecule has 1 aromatic heterocycles. The fraction of sp³-hybridized carbons (Fsp3) is 0.545. The number of phenols is 1. The zero-order chi connectivity index (χ0) is 85.2. The second-order valence-electron chi connectivity index (χ2n) is 24.5. The highest BCUT2D eigenvalue weighted by Gasteiger charge is 2.43. The number of hydrogen-bond donors (Lipinski definition) is 18. The fourth-order valence-corrected chi connectivity index (χ4v) is 9.45. The summed E-state index contributed by atoms with van der Waals surface area (Å²) in [7, 11) is 0. The first-order valence-electron chi connectivity index (χ1n) is 34.0. The largest absolute Gasteiger partial charge is 0.508 e. The highest BCUT2D eigenvalue weighted by Crippen LogP contribution is 2.22. The standard InChI is InChI=1S/C60H89N15O16.3C2HF3O2/c1-6-36(5)50(56(85)70-44(31-39-33-63-34-67-39)57(86)75-24-12-16-46(75)54(83)71-45(58(87)88)30-37-13-9-8-10-14-37)73-53(82)43(29-38-17-19-40(76)20-18-38)69-55(84)49(35(3)4)72-52(81)42(68-51(80)41(61)32-48(78)79)15-11-21-65-59(62)74-60(89)66-23-26-91-28-27-90-25-22-64-47(77)7-2;3*3-2(4,5)1(6)7/h8-10,13-14,17-20,33-36,41-46,49-50,76H,6-7,11-12,15-16,21-32,61H2,1-5H3,(H,63,67)(H,64,77)(H,68,80)(H,69,84)(H,70,85)(H,71,83)(H,72,81)(H,73,82)(H,78,79)(H,87,88)(H4,62,65,66,74,89);3*(H,6,7)/t36-,41-,42-,43-,44-,45-,46-,49-,50-;;;/m0.../s1. The Balaban J connectivity index is 0.00000260. The molecule has 10 amide bonds. The number of halogens is 9. The van der Waals surface area contributed by atoms with Gasteiger partial charge in [0.1, 0.15) is 48.0 Å². The normalized spacial score (nSPS) is 14.8. The Bertz CT molecular complexity index is 3520. The maximum atomic E-state index is 14.7. The summed E-state index contributed by atoms with van der Waals surface area (Å²) in [5.74, 6) is -18.5. The number of carbonyl (C=O) groups excluding carboxylic acids is 9. The van der Waals surface area contributed by atoms with Crippen LogP contribution in [0.15, 0.2) is 72.1 Å². The van der Waals surface area contributed by atoms with Crippen molar-refractivity contribution in [3.8, 4) is 5.75 Å². The predicted octanol–water partition coefficient (Wildman–Crippen LogP) is 0.485. The van der Waals surface area contributed by atoms with Crippen molar-refractivity contribution in [2.75, 3.05) is 52.6 Å². The number of nitrogens with two attached hydrogens (primary N) is 2. The van der Waals surface area contributed by atoms with Gasteiger partial charge in [0, 0.05) is 63.8 Å². The number of amides is 10. The lowest BCUT2D eigenvalue weighted by Gasteiger charge is -2.32. The number of hydrogen-bond acceptors (Lipinski definition) is 20. The van der Waals surface area contributed by atoms with Crippen molar-refractivity contribution in [1.82, 2.24) is 62.7 Å². The van der Waals surface area contributed by atoms with Crippen LogP contribution in [0.4, 0.5) is 44.3 Å². The summed E-state index contributed by atoms with van der Waals surface area (Å²) in [6.07, 6.45) is -12.4. The molecule has 4 rings (SSSR count). The molecule has 626 valence electrons. The van der Waals surface area contributed by atoms with Crippen LogP contribution in [0.3, 0.4) is 0 Å². The Morgan fingerprint density at radius 3 is 1.62 bits per heavy atom. The van der Waals surface area contributed by atoms with Gasteiger partial charge in [0.25, 0.3) is 0 Å². The molecule has 46 heteroatoms. The number of aliphatic carboxylic acids is 5. The van der Waals surface area contributed by atoms with Crippen LogP contribution in [-0.2, 0) is 91.1 Å². The van der Waals surface area contributed by atoms with Gasteiger partial charge in [0.15, 0.2) is 5.96 Å². The molecule has 37 nitrogen and oxygen atoms in total. The van der Waals surface area contributed by atoms with E-state index in [2.05, 4.69) is 62.8 Å². The van der Waals surface area contributed by atoms with E-state index in [1.807, 2.05) is 0 Å². The van der Waals surface area contributed by atoms with E-state index < -0.39 is 162 Å². The fourth-order valence-electron chi connectivity index (χ4n) is 9.45. The number of carboxylic acids is 5. The third-order valence-corrected chi connectivity index (χ3v) is 15.4. The number of guanidine groups is 1. The number of carboxylic acid groups (broad SMARTS) is 5. The van der Waals surface area contributed by atoms with E-state index in [0.717, 1.165) is 0 Å². The lowest BCUT2D eigenvalue weighted by molar-refractivity contribution is -0.193. The number of likely N-dealkylation sites (tertiary alicyclic amines) is 1. The first-order valence-corrected chi connectivity index (χ1v) is 34.0. The maximum Gasteiger partial charge on any atom is 0.490 e. The van der Waals surface area contributed by atoms with Gasteiger partial charge >= 0.3 is 54.4 Å². The summed E-state index contributed by atoms with van der Waals surface area (Å²) < 4.78 is 106. The summed E-state index contributed by atoms with van der Waals surface area (Å²) >= 11 is 0.